The molecule has 1 aliphatic carbocycles. The highest BCUT2D eigenvalue weighted by Gasteiger charge is 2.55. The van der Waals surface area contributed by atoms with Crippen molar-refractivity contribution in [3.8, 4) is 11.5 Å². The second-order valence-electron chi connectivity index (χ2n) is 6.93. The third-order valence-electron chi connectivity index (χ3n) is 5.51. The maximum Gasteiger partial charge on any atom is 0.325 e. The first-order valence-corrected chi connectivity index (χ1v) is 8.82. The largest absolute Gasteiger partial charge is 0.497 e. The van der Waals surface area contributed by atoms with Crippen molar-refractivity contribution in [3.63, 3.8) is 0 Å². The zero-order valence-corrected chi connectivity index (χ0v) is 15.3. The van der Waals surface area contributed by atoms with Crippen LogP contribution in [-0.4, -0.2) is 48.9 Å². The predicted molar refractivity (Wildman–Crippen MR) is 94.5 cm³/mol. The van der Waals surface area contributed by atoms with Crippen molar-refractivity contribution < 1.29 is 23.9 Å². The fraction of sp³-hybridized carbons (Fsp3) is 0.526. The van der Waals surface area contributed by atoms with Gasteiger partial charge in [0.05, 0.1) is 26.3 Å². The number of hydrogen-bond acceptors (Lipinski definition) is 5. The van der Waals surface area contributed by atoms with E-state index in [1.807, 2.05) is 6.92 Å². The number of urea groups is 1. The lowest BCUT2D eigenvalue weighted by Crippen LogP contribution is -2.54. The first-order valence-electron chi connectivity index (χ1n) is 8.82. The number of Topliss-reactive ketones (excluding diaryl/α,β-unsaturated/α-hetero) is 1. The van der Waals surface area contributed by atoms with Gasteiger partial charge in [-0.2, -0.15) is 0 Å². The van der Waals surface area contributed by atoms with Gasteiger partial charge < -0.3 is 14.8 Å². The molecule has 2 aliphatic rings. The minimum Gasteiger partial charge on any atom is -0.497 e. The third-order valence-corrected chi connectivity index (χ3v) is 5.51. The fourth-order valence-corrected chi connectivity index (χ4v) is 3.90. The number of carbonyl (C=O) groups is 3. The molecule has 1 saturated heterocycles. The number of imide groups is 1. The monoisotopic (exact) mass is 360 g/mol. The van der Waals surface area contributed by atoms with Gasteiger partial charge in [-0.1, -0.05) is 19.8 Å². The summed E-state index contributed by atoms with van der Waals surface area (Å²) in [6.45, 7) is 1.68. The van der Waals surface area contributed by atoms with Gasteiger partial charge in [0.2, 0.25) is 0 Å². The van der Waals surface area contributed by atoms with Crippen LogP contribution in [0.5, 0.6) is 11.5 Å². The molecule has 1 aliphatic heterocycles. The van der Waals surface area contributed by atoms with E-state index in [1.54, 1.807) is 18.2 Å². The van der Waals surface area contributed by atoms with Crippen LogP contribution in [0.2, 0.25) is 0 Å². The van der Waals surface area contributed by atoms with Crippen LogP contribution in [0.3, 0.4) is 0 Å². The highest BCUT2D eigenvalue weighted by molar-refractivity contribution is 6.11. The lowest BCUT2D eigenvalue weighted by Gasteiger charge is -2.36. The van der Waals surface area contributed by atoms with Crippen LogP contribution >= 0.6 is 0 Å². The van der Waals surface area contributed by atoms with E-state index in [0.29, 0.717) is 23.5 Å². The van der Waals surface area contributed by atoms with E-state index in [2.05, 4.69) is 5.32 Å². The summed E-state index contributed by atoms with van der Waals surface area (Å²) in [5.74, 6) is 0.317. The average molecular weight is 360 g/mol. The van der Waals surface area contributed by atoms with Crippen molar-refractivity contribution in [2.24, 2.45) is 5.92 Å². The van der Waals surface area contributed by atoms with E-state index in [4.69, 9.17) is 9.47 Å². The van der Waals surface area contributed by atoms with Crippen molar-refractivity contribution in [2.45, 2.75) is 38.1 Å². The molecular weight excluding hydrogens is 336 g/mol. The molecule has 26 heavy (non-hydrogen) atoms. The summed E-state index contributed by atoms with van der Waals surface area (Å²) in [6, 6.07) is 4.33. The summed E-state index contributed by atoms with van der Waals surface area (Å²) < 4.78 is 10.4. The molecule has 3 rings (SSSR count). The molecule has 2 atom stereocenters. The highest BCUT2D eigenvalue weighted by Crippen LogP contribution is 2.38. The number of hydrogen-bond donors (Lipinski definition) is 1. The first-order chi connectivity index (χ1) is 12.4. The van der Waals surface area contributed by atoms with Gasteiger partial charge in [-0.05, 0) is 30.9 Å². The number of amides is 3. The minimum absolute atomic E-state index is 0.0586. The molecule has 0 bridgehead atoms. The molecule has 1 saturated carbocycles. The molecule has 140 valence electrons. The van der Waals surface area contributed by atoms with Gasteiger partial charge in [0.25, 0.3) is 5.91 Å². The molecule has 7 heteroatoms. The number of ether oxygens (including phenoxy) is 2. The van der Waals surface area contributed by atoms with Crippen molar-refractivity contribution in [1.82, 2.24) is 10.2 Å². The van der Waals surface area contributed by atoms with Crippen molar-refractivity contribution in [2.75, 3.05) is 20.8 Å². The zero-order valence-electron chi connectivity index (χ0n) is 15.3. The quantitative estimate of drug-likeness (QED) is 0.644. The molecule has 1 spiro atoms. The van der Waals surface area contributed by atoms with Crippen LogP contribution in [0.1, 0.15) is 43.0 Å². The number of nitrogens with one attached hydrogen (secondary N) is 1. The van der Waals surface area contributed by atoms with E-state index < -0.39 is 11.6 Å². The Morgan fingerprint density at radius 2 is 2.04 bits per heavy atom. The van der Waals surface area contributed by atoms with Gasteiger partial charge in [0, 0.05) is 6.07 Å². The molecular formula is C19H24N2O5. The lowest BCUT2D eigenvalue weighted by atomic mass is 9.73. The van der Waals surface area contributed by atoms with Crippen LogP contribution in [0.25, 0.3) is 0 Å². The summed E-state index contributed by atoms with van der Waals surface area (Å²) in [7, 11) is 2.98. The molecule has 1 N–H and O–H groups in total. The Morgan fingerprint density at radius 1 is 1.27 bits per heavy atom. The Kier molecular flexibility index (Phi) is 4.89. The summed E-state index contributed by atoms with van der Waals surface area (Å²) in [5, 5.41) is 2.86. The molecule has 1 aromatic rings. The first kappa shape index (κ1) is 18.2. The Morgan fingerprint density at radius 3 is 2.69 bits per heavy atom. The van der Waals surface area contributed by atoms with Crippen molar-refractivity contribution >= 4 is 17.7 Å². The van der Waals surface area contributed by atoms with Crippen LogP contribution in [-0.2, 0) is 4.79 Å². The Bertz CT molecular complexity index is 747. The lowest BCUT2D eigenvalue weighted by molar-refractivity contribution is -0.133. The maximum atomic E-state index is 13.0. The summed E-state index contributed by atoms with van der Waals surface area (Å²) >= 11 is 0. The Hall–Kier alpha value is -2.57. The average Bonchev–Trinajstić information content (AvgIpc) is 2.88. The van der Waals surface area contributed by atoms with Gasteiger partial charge in [-0.15, -0.1) is 0 Å². The van der Waals surface area contributed by atoms with Crippen molar-refractivity contribution in [1.29, 1.82) is 0 Å². The molecule has 0 radical (unpaired) electrons. The predicted octanol–water partition coefficient (Wildman–Crippen LogP) is 2.39. The van der Waals surface area contributed by atoms with Gasteiger partial charge in [0.15, 0.2) is 5.78 Å². The molecule has 1 aromatic carbocycles. The number of nitrogens with zero attached hydrogens (tertiary/aromatic N) is 1. The summed E-state index contributed by atoms with van der Waals surface area (Å²) in [6.07, 6.45) is 3.45. The van der Waals surface area contributed by atoms with Crippen LogP contribution in [0.4, 0.5) is 4.79 Å². The Balaban J connectivity index is 1.82. The number of benzene rings is 1. The van der Waals surface area contributed by atoms with E-state index in [0.717, 1.165) is 24.2 Å². The summed E-state index contributed by atoms with van der Waals surface area (Å²) in [5.41, 5.74) is -0.550. The number of methoxy groups -OCH3 is 2. The van der Waals surface area contributed by atoms with Gasteiger partial charge >= 0.3 is 6.03 Å². The molecule has 2 fully saturated rings. The Labute approximate surface area is 152 Å². The van der Waals surface area contributed by atoms with E-state index in [1.165, 1.54) is 14.2 Å². The highest BCUT2D eigenvalue weighted by atomic mass is 16.5. The van der Waals surface area contributed by atoms with E-state index in [-0.39, 0.29) is 24.2 Å². The van der Waals surface area contributed by atoms with E-state index >= 15 is 0 Å². The summed E-state index contributed by atoms with van der Waals surface area (Å²) in [4.78, 5) is 39.1. The minimum atomic E-state index is -0.862. The molecule has 7 nitrogen and oxygen atoms in total. The van der Waals surface area contributed by atoms with E-state index in [9.17, 15) is 14.4 Å². The van der Waals surface area contributed by atoms with Crippen molar-refractivity contribution in [3.05, 3.63) is 23.8 Å². The van der Waals surface area contributed by atoms with Gasteiger partial charge in [0.1, 0.15) is 17.0 Å². The van der Waals surface area contributed by atoms with Gasteiger partial charge in [-0.3, -0.25) is 14.5 Å². The standard InChI is InChI=1S/C19H24N2O5/c1-12-6-4-5-9-19(12)17(23)21(18(24)20-19)11-15(22)14-8-7-13(25-2)10-16(14)26-3/h7-8,10,12H,4-6,9,11H2,1-3H3,(H,20,24)/t12-,19-/m0/s1. The zero-order chi connectivity index (χ0) is 18.9. The number of rotatable bonds is 5. The normalized spacial score (nSPS) is 25.3. The smallest absolute Gasteiger partial charge is 0.325 e. The molecule has 1 heterocycles. The number of ketones is 1. The molecule has 0 aromatic heterocycles. The SMILES string of the molecule is COc1ccc(C(=O)CN2C(=O)N[C@]3(CCCC[C@@H]3C)C2=O)c(OC)c1. The fourth-order valence-electron chi connectivity index (χ4n) is 3.90. The number of carbonyl (C=O) groups excluding carboxylic acids is 3. The molecule has 3 amide bonds. The second-order valence-corrected chi connectivity index (χ2v) is 6.93. The van der Waals surface area contributed by atoms with Crippen LogP contribution < -0.4 is 14.8 Å². The topological polar surface area (TPSA) is 84.9 Å². The maximum absolute atomic E-state index is 13.0. The van der Waals surface area contributed by atoms with Crippen LogP contribution in [0.15, 0.2) is 18.2 Å². The van der Waals surface area contributed by atoms with Gasteiger partial charge in [-0.25, -0.2) is 4.79 Å². The third kappa shape index (κ3) is 2.91. The molecule has 0 unspecified atom stereocenters. The van der Waals surface area contributed by atoms with Crippen LogP contribution in [0, 0.1) is 5.92 Å². The second kappa shape index (κ2) is 6.97.